The molecule has 3 aromatic rings. The molecule has 0 unspecified atom stereocenters. The van der Waals surface area contributed by atoms with Crippen molar-refractivity contribution >= 4 is 40.4 Å². The molecule has 2 nitrogen and oxygen atoms in total. The topological polar surface area (TPSA) is 29.1 Å². The number of nitrogens with one attached hydrogen (secondary N) is 1. The second-order valence-corrected chi connectivity index (χ2v) is 7.99. The summed E-state index contributed by atoms with van der Waals surface area (Å²) in [6.45, 7) is 0.465. The summed E-state index contributed by atoms with van der Waals surface area (Å²) in [6.07, 6.45) is 2.26. The van der Waals surface area contributed by atoms with Gasteiger partial charge in [0.2, 0.25) is 5.91 Å². The molecule has 134 valence electrons. The van der Waals surface area contributed by atoms with Crippen LogP contribution in [0.2, 0.25) is 10.0 Å². The lowest BCUT2D eigenvalue weighted by atomic mass is 10.2. The van der Waals surface area contributed by atoms with E-state index in [0.717, 1.165) is 18.4 Å². The molecule has 0 saturated heterocycles. The SMILES string of the molecule is O=C(CCCc1ccc(-c2ccccc2)s1)NCc1ccc(Cl)c(Cl)c1. The highest BCUT2D eigenvalue weighted by Gasteiger charge is 2.06. The van der Waals surface area contributed by atoms with Crippen molar-refractivity contribution in [2.45, 2.75) is 25.8 Å². The van der Waals surface area contributed by atoms with Crippen LogP contribution in [-0.2, 0) is 17.8 Å². The third-order valence-corrected chi connectivity index (χ3v) is 5.95. The molecule has 1 N–H and O–H groups in total. The fraction of sp³-hybridized carbons (Fsp3) is 0.190. The van der Waals surface area contributed by atoms with Crippen LogP contribution >= 0.6 is 34.5 Å². The van der Waals surface area contributed by atoms with Gasteiger partial charge in [0, 0.05) is 22.7 Å². The lowest BCUT2D eigenvalue weighted by Crippen LogP contribution is -2.22. The Kier molecular flexibility index (Phi) is 6.73. The Labute approximate surface area is 167 Å². The fourth-order valence-electron chi connectivity index (χ4n) is 2.63. The number of hydrogen-bond donors (Lipinski definition) is 1. The van der Waals surface area contributed by atoms with Crippen LogP contribution in [0.15, 0.2) is 60.7 Å². The van der Waals surface area contributed by atoms with Gasteiger partial charge in [-0.15, -0.1) is 11.3 Å². The number of benzene rings is 2. The molecule has 1 aromatic heterocycles. The lowest BCUT2D eigenvalue weighted by Gasteiger charge is -2.06. The van der Waals surface area contributed by atoms with Crippen molar-refractivity contribution in [3.05, 3.63) is 81.1 Å². The van der Waals surface area contributed by atoms with E-state index in [9.17, 15) is 4.79 Å². The number of halogens is 2. The molecule has 26 heavy (non-hydrogen) atoms. The predicted molar refractivity (Wildman–Crippen MR) is 111 cm³/mol. The lowest BCUT2D eigenvalue weighted by molar-refractivity contribution is -0.121. The minimum atomic E-state index is 0.0518. The molecule has 0 aliphatic carbocycles. The minimum Gasteiger partial charge on any atom is -0.352 e. The molecule has 0 saturated carbocycles. The fourth-order valence-corrected chi connectivity index (χ4v) is 4.01. The average molecular weight is 404 g/mol. The van der Waals surface area contributed by atoms with Crippen molar-refractivity contribution in [1.29, 1.82) is 0 Å². The second-order valence-electron chi connectivity index (χ2n) is 6.01. The minimum absolute atomic E-state index is 0.0518. The molecule has 0 spiro atoms. The molecule has 3 rings (SSSR count). The normalized spacial score (nSPS) is 10.7. The van der Waals surface area contributed by atoms with E-state index in [-0.39, 0.29) is 5.91 Å². The largest absolute Gasteiger partial charge is 0.352 e. The molecule has 0 fully saturated rings. The number of carbonyl (C=O) groups is 1. The summed E-state index contributed by atoms with van der Waals surface area (Å²) in [5.41, 5.74) is 2.18. The first-order chi connectivity index (χ1) is 12.6. The van der Waals surface area contributed by atoms with Crippen LogP contribution in [-0.4, -0.2) is 5.91 Å². The zero-order valence-electron chi connectivity index (χ0n) is 14.2. The van der Waals surface area contributed by atoms with Gasteiger partial charge in [-0.3, -0.25) is 4.79 Å². The summed E-state index contributed by atoms with van der Waals surface area (Å²) in [4.78, 5) is 14.6. The van der Waals surface area contributed by atoms with Crippen LogP contribution in [0, 0.1) is 0 Å². The zero-order chi connectivity index (χ0) is 18.4. The van der Waals surface area contributed by atoms with Gasteiger partial charge in [0.15, 0.2) is 0 Å². The molecule has 5 heteroatoms. The Balaban J connectivity index is 1.42. The van der Waals surface area contributed by atoms with Crippen LogP contribution in [0.25, 0.3) is 10.4 Å². The number of hydrogen-bond acceptors (Lipinski definition) is 2. The summed E-state index contributed by atoms with van der Waals surface area (Å²) < 4.78 is 0. The Hall–Kier alpha value is -1.81. The van der Waals surface area contributed by atoms with Crippen LogP contribution < -0.4 is 5.32 Å². The van der Waals surface area contributed by atoms with Gasteiger partial charge in [-0.25, -0.2) is 0 Å². The Bertz CT molecular complexity index is 877. The standard InChI is InChI=1S/C21H19Cl2NOS/c22-18-11-9-15(13-19(18)23)14-24-21(25)8-4-7-17-10-12-20(26-17)16-5-2-1-3-6-16/h1-3,5-6,9-13H,4,7-8,14H2,(H,24,25). The van der Waals surface area contributed by atoms with Gasteiger partial charge in [-0.1, -0.05) is 59.6 Å². The van der Waals surface area contributed by atoms with Gasteiger partial charge in [0.05, 0.1) is 10.0 Å². The molecular weight excluding hydrogens is 385 g/mol. The van der Waals surface area contributed by atoms with E-state index in [1.165, 1.54) is 15.3 Å². The summed E-state index contributed by atoms with van der Waals surface area (Å²) in [5, 5.41) is 3.95. The van der Waals surface area contributed by atoms with Crippen molar-refractivity contribution < 1.29 is 4.79 Å². The van der Waals surface area contributed by atoms with E-state index < -0.39 is 0 Å². The third-order valence-electron chi connectivity index (χ3n) is 4.02. The highest BCUT2D eigenvalue weighted by Crippen LogP contribution is 2.28. The van der Waals surface area contributed by atoms with E-state index in [0.29, 0.717) is 23.0 Å². The second kappa shape index (κ2) is 9.22. The number of amides is 1. The summed E-state index contributed by atoms with van der Waals surface area (Å²) in [7, 11) is 0. The van der Waals surface area contributed by atoms with E-state index in [2.05, 4.69) is 29.6 Å². The molecule has 0 aliphatic rings. The van der Waals surface area contributed by atoms with E-state index in [4.69, 9.17) is 23.2 Å². The smallest absolute Gasteiger partial charge is 0.220 e. The highest BCUT2D eigenvalue weighted by atomic mass is 35.5. The van der Waals surface area contributed by atoms with Crippen molar-refractivity contribution in [3.63, 3.8) is 0 Å². The molecule has 0 aliphatic heterocycles. The maximum Gasteiger partial charge on any atom is 0.220 e. The van der Waals surface area contributed by atoms with Crippen LogP contribution in [0.1, 0.15) is 23.3 Å². The third kappa shape index (κ3) is 5.34. The van der Waals surface area contributed by atoms with Crippen LogP contribution in [0.3, 0.4) is 0 Å². The van der Waals surface area contributed by atoms with E-state index in [1.807, 2.05) is 24.3 Å². The molecule has 1 heterocycles. The monoisotopic (exact) mass is 403 g/mol. The molecular formula is C21H19Cl2NOS. The van der Waals surface area contributed by atoms with Gasteiger partial charge < -0.3 is 5.32 Å². The number of carbonyl (C=O) groups excluding carboxylic acids is 1. The average Bonchev–Trinajstić information content (AvgIpc) is 3.12. The first kappa shape index (κ1) is 19.0. The maximum absolute atomic E-state index is 12.0. The maximum atomic E-state index is 12.0. The molecule has 0 bridgehead atoms. The van der Waals surface area contributed by atoms with Gasteiger partial charge >= 0.3 is 0 Å². The summed E-state index contributed by atoms with van der Waals surface area (Å²) >= 11 is 13.7. The van der Waals surface area contributed by atoms with Crippen LogP contribution in [0.5, 0.6) is 0 Å². The molecule has 1 amide bonds. The van der Waals surface area contributed by atoms with Gasteiger partial charge in [-0.2, -0.15) is 0 Å². The number of aryl methyl sites for hydroxylation is 1. The number of rotatable bonds is 7. The van der Waals surface area contributed by atoms with Crippen molar-refractivity contribution in [2.75, 3.05) is 0 Å². The van der Waals surface area contributed by atoms with Crippen LogP contribution in [0.4, 0.5) is 0 Å². The predicted octanol–water partition coefficient (Wildman–Crippen LogP) is 6.36. The van der Waals surface area contributed by atoms with E-state index >= 15 is 0 Å². The molecule has 2 aromatic carbocycles. The van der Waals surface area contributed by atoms with Gasteiger partial charge in [0.1, 0.15) is 0 Å². The highest BCUT2D eigenvalue weighted by molar-refractivity contribution is 7.15. The number of thiophene rings is 1. The first-order valence-corrected chi connectivity index (χ1v) is 10.0. The van der Waals surface area contributed by atoms with Crippen molar-refractivity contribution in [2.24, 2.45) is 0 Å². The molecule has 0 radical (unpaired) electrons. The summed E-state index contributed by atoms with van der Waals surface area (Å²) in [6, 6.07) is 20.0. The van der Waals surface area contributed by atoms with Gasteiger partial charge in [0.25, 0.3) is 0 Å². The van der Waals surface area contributed by atoms with Gasteiger partial charge in [-0.05, 0) is 48.2 Å². The Morgan fingerprint density at radius 1 is 0.962 bits per heavy atom. The summed E-state index contributed by atoms with van der Waals surface area (Å²) in [5.74, 6) is 0.0518. The zero-order valence-corrected chi connectivity index (χ0v) is 16.5. The quantitative estimate of drug-likeness (QED) is 0.488. The van der Waals surface area contributed by atoms with E-state index in [1.54, 1.807) is 23.5 Å². The molecule has 0 atom stereocenters. The van der Waals surface area contributed by atoms with Crippen molar-refractivity contribution in [3.8, 4) is 10.4 Å². The Morgan fingerprint density at radius 2 is 1.77 bits per heavy atom. The first-order valence-electron chi connectivity index (χ1n) is 8.46. The van der Waals surface area contributed by atoms with Crippen molar-refractivity contribution in [1.82, 2.24) is 5.32 Å². The Morgan fingerprint density at radius 3 is 2.54 bits per heavy atom.